The lowest BCUT2D eigenvalue weighted by atomic mass is 9.92. The lowest BCUT2D eigenvalue weighted by molar-refractivity contribution is 0.251. The number of hydrogen-bond donors (Lipinski definition) is 3. The van der Waals surface area contributed by atoms with E-state index >= 15 is 0 Å². The molecule has 0 saturated carbocycles. The van der Waals surface area contributed by atoms with Gasteiger partial charge in [0.1, 0.15) is 5.75 Å². The third-order valence-corrected chi connectivity index (χ3v) is 5.20. The number of benzene rings is 2. The van der Waals surface area contributed by atoms with E-state index in [1.54, 1.807) is 31.5 Å². The maximum absolute atomic E-state index is 12.6. The zero-order chi connectivity index (χ0) is 20.9. The fourth-order valence-corrected chi connectivity index (χ4v) is 3.68. The predicted molar refractivity (Wildman–Crippen MR) is 119 cm³/mol. The molecule has 1 atom stereocenters. The molecular formula is C23H21ClN4O2. The maximum atomic E-state index is 12.6. The van der Waals surface area contributed by atoms with Gasteiger partial charge < -0.3 is 20.4 Å². The third kappa shape index (κ3) is 4.23. The first-order chi connectivity index (χ1) is 14.7. The van der Waals surface area contributed by atoms with Crippen LogP contribution in [0.4, 0.5) is 10.5 Å². The highest BCUT2D eigenvalue weighted by molar-refractivity contribution is 6.31. The van der Waals surface area contributed by atoms with Crippen LogP contribution in [-0.2, 0) is 0 Å². The minimum atomic E-state index is -0.343. The normalized spacial score (nSPS) is 11.8. The van der Waals surface area contributed by atoms with Gasteiger partial charge in [-0.2, -0.15) is 0 Å². The van der Waals surface area contributed by atoms with Crippen molar-refractivity contribution in [1.29, 1.82) is 0 Å². The van der Waals surface area contributed by atoms with Gasteiger partial charge in [-0.05, 0) is 41.5 Å². The van der Waals surface area contributed by atoms with Gasteiger partial charge in [-0.1, -0.05) is 35.9 Å². The van der Waals surface area contributed by atoms with E-state index < -0.39 is 0 Å². The first-order valence-corrected chi connectivity index (χ1v) is 9.88. The van der Waals surface area contributed by atoms with Crippen molar-refractivity contribution in [2.75, 3.05) is 19.0 Å². The van der Waals surface area contributed by atoms with Crippen LogP contribution in [0.25, 0.3) is 10.9 Å². The molecule has 2 aromatic heterocycles. The van der Waals surface area contributed by atoms with Crippen LogP contribution in [0.5, 0.6) is 5.75 Å². The topological polar surface area (TPSA) is 79.0 Å². The quantitative estimate of drug-likeness (QED) is 0.402. The Morgan fingerprint density at radius 1 is 1.20 bits per heavy atom. The van der Waals surface area contributed by atoms with E-state index in [-0.39, 0.29) is 11.9 Å². The maximum Gasteiger partial charge on any atom is 0.319 e. The average Bonchev–Trinajstić information content (AvgIpc) is 3.19. The van der Waals surface area contributed by atoms with Crippen LogP contribution in [0.15, 0.2) is 73.2 Å². The molecule has 4 rings (SSSR count). The molecule has 152 valence electrons. The van der Waals surface area contributed by atoms with Crippen molar-refractivity contribution in [1.82, 2.24) is 15.3 Å². The molecule has 0 bridgehead atoms. The fraction of sp³-hybridized carbons (Fsp3) is 0.130. The van der Waals surface area contributed by atoms with E-state index in [2.05, 4.69) is 26.7 Å². The SMILES string of the molecule is COc1ccc(Cl)cc1NC(=O)NCC(c1cccnc1)c1c[nH]c2ccccc12. The lowest BCUT2D eigenvalue weighted by Gasteiger charge is -2.18. The minimum Gasteiger partial charge on any atom is -0.495 e. The summed E-state index contributed by atoms with van der Waals surface area (Å²) in [7, 11) is 1.54. The first kappa shape index (κ1) is 19.8. The molecule has 0 fully saturated rings. The van der Waals surface area contributed by atoms with Crippen LogP contribution < -0.4 is 15.4 Å². The number of halogens is 1. The van der Waals surface area contributed by atoms with Crippen molar-refractivity contribution in [3.8, 4) is 5.75 Å². The van der Waals surface area contributed by atoms with Gasteiger partial charge in [-0.15, -0.1) is 0 Å². The largest absolute Gasteiger partial charge is 0.495 e. The van der Waals surface area contributed by atoms with Crippen molar-refractivity contribution >= 4 is 34.2 Å². The molecule has 7 heteroatoms. The molecule has 2 amide bonds. The summed E-state index contributed by atoms with van der Waals surface area (Å²) in [5, 5.41) is 7.40. The number of carbonyl (C=O) groups is 1. The molecule has 0 aliphatic carbocycles. The number of nitrogens with zero attached hydrogens (tertiary/aromatic N) is 1. The van der Waals surface area contributed by atoms with E-state index in [4.69, 9.17) is 16.3 Å². The smallest absolute Gasteiger partial charge is 0.319 e. The molecule has 30 heavy (non-hydrogen) atoms. The van der Waals surface area contributed by atoms with Crippen molar-refractivity contribution in [2.24, 2.45) is 0 Å². The van der Waals surface area contributed by atoms with E-state index in [1.165, 1.54) is 0 Å². The summed E-state index contributed by atoms with van der Waals surface area (Å²) in [6, 6.07) is 16.7. The zero-order valence-electron chi connectivity index (χ0n) is 16.4. The molecule has 0 spiro atoms. The number of anilines is 1. The summed E-state index contributed by atoms with van der Waals surface area (Å²) in [5.74, 6) is 0.469. The molecule has 0 aliphatic rings. The molecule has 0 radical (unpaired) electrons. The number of fused-ring (bicyclic) bond motifs is 1. The molecule has 0 aliphatic heterocycles. The number of ether oxygens (including phenoxy) is 1. The van der Waals surface area contributed by atoms with Gasteiger partial charge in [0.05, 0.1) is 12.8 Å². The van der Waals surface area contributed by atoms with Crippen molar-refractivity contribution in [3.63, 3.8) is 0 Å². The Kier molecular flexibility index (Phi) is 5.86. The number of nitrogens with one attached hydrogen (secondary N) is 3. The second-order valence-corrected chi connectivity index (χ2v) is 7.24. The van der Waals surface area contributed by atoms with Crippen LogP contribution in [0.1, 0.15) is 17.0 Å². The van der Waals surface area contributed by atoms with Gasteiger partial charge in [-0.3, -0.25) is 4.98 Å². The number of aromatic amines is 1. The highest BCUT2D eigenvalue weighted by atomic mass is 35.5. The first-order valence-electron chi connectivity index (χ1n) is 9.50. The van der Waals surface area contributed by atoms with Crippen molar-refractivity contribution in [2.45, 2.75) is 5.92 Å². The number of urea groups is 1. The average molecular weight is 421 g/mol. The minimum absolute atomic E-state index is 0.0677. The van der Waals surface area contributed by atoms with E-state index in [9.17, 15) is 4.79 Å². The monoisotopic (exact) mass is 420 g/mol. The summed E-state index contributed by atoms with van der Waals surface area (Å²) in [4.78, 5) is 20.2. The van der Waals surface area contributed by atoms with Gasteiger partial charge in [0.2, 0.25) is 0 Å². The Labute approximate surface area is 179 Å². The molecular weight excluding hydrogens is 400 g/mol. The van der Waals surface area contributed by atoms with Crippen LogP contribution >= 0.6 is 11.6 Å². The van der Waals surface area contributed by atoms with Gasteiger partial charge in [-0.25, -0.2) is 4.79 Å². The highest BCUT2D eigenvalue weighted by Crippen LogP contribution is 2.30. The Bertz CT molecular complexity index is 1160. The number of para-hydroxylation sites is 1. The number of methoxy groups -OCH3 is 1. The highest BCUT2D eigenvalue weighted by Gasteiger charge is 2.19. The van der Waals surface area contributed by atoms with Gasteiger partial charge in [0.25, 0.3) is 0 Å². The van der Waals surface area contributed by atoms with Crippen molar-refractivity contribution < 1.29 is 9.53 Å². The summed E-state index contributed by atoms with van der Waals surface area (Å²) in [6.07, 6.45) is 5.55. The van der Waals surface area contributed by atoms with Gasteiger partial charge in [0, 0.05) is 47.0 Å². The number of pyridine rings is 1. The second-order valence-electron chi connectivity index (χ2n) is 6.81. The number of amides is 2. The van der Waals surface area contributed by atoms with Crippen LogP contribution in [0.2, 0.25) is 5.02 Å². The number of hydrogen-bond acceptors (Lipinski definition) is 3. The van der Waals surface area contributed by atoms with E-state index in [1.807, 2.05) is 42.7 Å². The van der Waals surface area contributed by atoms with E-state index in [0.717, 1.165) is 22.0 Å². The second kappa shape index (κ2) is 8.88. The Morgan fingerprint density at radius 2 is 2.07 bits per heavy atom. The Hall–Kier alpha value is -3.51. The van der Waals surface area contributed by atoms with Crippen molar-refractivity contribution in [3.05, 3.63) is 89.3 Å². The van der Waals surface area contributed by atoms with Crippen LogP contribution in [0, 0.1) is 0 Å². The summed E-state index contributed by atoms with van der Waals surface area (Å²) >= 11 is 6.05. The molecule has 6 nitrogen and oxygen atoms in total. The standard InChI is InChI=1S/C23H21ClN4O2/c1-30-22-9-8-16(24)11-21(22)28-23(29)27-13-18(15-5-4-10-25-12-15)19-14-26-20-7-3-2-6-17(19)20/h2-12,14,18,26H,13H2,1H3,(H2,27,28,29). The fourth-order valence-electron chi connectivity index (χ4n) is 3.51. The van der Waals surface area contributed by atoms with E-state index in [0.29, 0.717) is 23.0 Å². The van der Waals surface area contributed by atoms with Gasteiger partial charge >= 0.3 is 6.03 Å². The zero-order valence-corrected chi connectivity index (χ0v) is 17.1. The Balaban J connectivity index is 1.56. The van der Waals surface area contributed by atoms with Crippen LogP contribution in [-0.4, -0.2) is 29.7 Å². The molecule has 2 heterocycles. The van der Waals surface area contributed by atoms with Gasteiger partial charge in [0.15, 0.2) is 0 Å². The predicted octanol–water partition coefficient (Wildman–Crippen LogP) is 5.18. The number of aromatic nitrogens is 2. The molecule has 3 N–H and O–H groups in total. The lowest BCUT2D eigenvalue weighted by Crippen LogP contribution is -2.32. The molecule has 2 aromatic carbocycles. The summed E-state index contributed by atoms with van der Waals surface area (Å²) in [6.45, 7) is 0.391. The number of rotatable bonds is 6. The summed E-state index contributed by atoms with van der Waals surface area (Å²) in [5.41, 5.74) is 3.67. The molecule has 0 saturated heterocycles. The number of carbonyl (C=O) groups excluding carboxylic acids is 1. The summed E-state index contributed by atoms with van der Waals surface area (Å²) < 4.78 is 5.29. The molecule has 1 unspecified atom stereocenters. The Morgan fingerprint density at radius 3 is 2.87 bits per heavy atom. The third-order valence-electron chi connectivity index (χ3n) is 4.96. The van der Waals surface area contributed by atoms with Crippen LogP contribution in [0.3, 0.4) is 0 Å². The molecule has 4 aromatic rings. The number of H-pyrrole nitrogens is 1.